The maximum Gasteiger partial charge on any atom is 0.306 e. The molecule has 4 N–H and O–H groups in total. The summed E-state index contributed by atoms with van der Waals surface area (Å²) in [4.78, 5) is 12.8. The minimum atomic E-state index is -1.54. The number of hydrogen-bond acceptors (Lipinski definition) is 9. The SMILES string of the molecule is CCCCCCCC/C=C\CCCCCCCCOCC(COC1OC(CO)C(O)C(O)C1O)OC(=O)CCCCCCCCC/C=C\CCCCCCCCC. The van der Waals surface area contributed by atoms with Crippen LogP contribution in [-0.4, -0.2) is 89.6 Å². The summed E-state index contributed by atoms with van der Waals surface area (Å²) in [7, 11) is 0. The minimum Gasteiger partial charge on any atom is -0.457 e. The van der Waals surface area contributed by atoms with E-state index in [4.69, 9.17) is 18.9 Å². The van der Waals surface area contributed by atoms with Gasteiger partial charge in [0.2, 0.25) is 0 Å². The van der Waals surface area contributed by atoms with Crippen LogP contribution in [0.15, 0.2) is 24.3 Å². The molecule has 0 radical (unpaired) electrons. The lowest BCUT2D eigenvalue weighted by Gasteiger charge is -2.39. The first-order valence-corrected chi connectivity index (χ1v) is 23.9. The largest absolute Gasteiger partial charge is 0.457 e. The Balaban J connectivity index is 2.24. The highest BCUT2D eigenvalue weighted by Gasteiger charge is 2.44. The van der Waals surface area contributed by atoms with E-state index in [1.54, 1.807) is 0 Å². The zero-order valence-corrected chi connectivity index (χ0v) is 36.9. The van der Waals surface area contributed by atoms with Gasteiger partial charge in [0.1, 0.15) is 30.5 Å². The molecule has 0 aromatic carbocycles. The van der Waals surface area contributed by atoms with E-state index in [0.29, 0.717) is 13.0 Å². The molecule has 0 bridgehead atoms. The third-order valence-electron chi connectivity index (χ3n) is 11.1. The summed E-state index contributed by atoms with van der Waals surface area (Å²) >= 11 is 0. The summed E-state index contributed by atoms with van der Waals surface area (Å²) in [6.45, 7) is 4.56. The molecular formula is C48H90O9. The van der Waals surface area contributed by atoms with Crippen LogP contribution in [0, 0.1) is 0 Å². The smallest absolute Gasteiger partial charge is 0.306 e. The first-order valence-electron chi connectivity index (χ1n) is 23.9. The van der Waals surface area contributed by atoms with Crippen molar-refractivity contribution in [2.45, 2.75) is 250 Å². The molecule has 0 aromatic heterocycles. The number of unbranched alkanes of at least 4 members (excludes halogenated alkanes) is 26. The average molecular weight is 811 g/mol. The zero-order chi connectivity index (χ0) is 41.4. The Morgan fingerprint density at radius 3 is 1.42 bits per heavy atom. The van der Waals surface area contributed by atoms with E-state index in [9.17, 15) is 25.2 Å². The number of ether oxygens (including phenoxy) is 4. The zero-order valence-electron chi connectivity index (χ0n) is 36.9. The second-order valence-electron chi connectivity index (χ2n) is 16.6. The van der Waals surface area contributed by atoms with Gasteiger partial charge in [-0.1, -0.05) is 167 Å². The van der Waals surface area contributed by atoms with Gasteiger partial charge in [-0.3, -0.25) is 4.79 Å². The van der Waals surface area contributed by atoms with Crippen LogP contribution in [0.1, 0.15) is 213 Å². The van der Waals surface area contributed by atoms with E-state index in [2.05, 4.69) is 38.2 Å². The molecule has 336 valence electrons. The number of aliphatic hydroxyl groups is 4. The topological polar surface area (TPSA) is 135 Å². The highest BCUT2D eigenvalue weighted by molar-refractivity contribution is 5.69. The van der Waals surface area contributed by atoms with Gasteiger partial charge in [0.25, 0.3) is 0 Å². The highest BCUT2D eigenvalue weighted by atomic mass is 16.7. The van der Waals surface area contributed by atoms with Gasteiger partial charge in [0, 0.05) is 13.0 Å². The molecule has 1 rings (SSSR count). The van der Waals surface area contributed by atoms with Crippen LogP contribution in [0.25, 0.3) is 0 Å². The van der Waals surface area contributed by atoms with Gasteiger partial charge < -0.3 is 39.4 Å². The Morgan fingerprint density at radius 2 is 0.965 bits per heavy atom. The molecule has 1 saturated heterocycles. The highest BCUT2D eigenvalue weighted by Crippen LogP contribution is 2.23. The van der Waals surface area contributed by atoms with Crippen molar-refractivity contribution in [2.24, 2.45) is 0 Å². The summed E-state index contributed by atoms with van der Waals surface area (Å²) in [5, 5.41) is 40.1. The second kappa shape index (κ2) is 40.1. The van der Waals surface area contributed by atoms with Crippen LogP contribution in [0.4, 0.5) is 0 Å². The number of carbonyl (C=O) groups excluding carboxylic acids is 1. The third-order valence-corrected chi connectivity index (χ3v) is 11.1. The molecule has 57 heavy (non-hydrogen) atoms. The van der Waals surface area contributed by atoms with Gasteiger partial charge >= 0.3 is 5.97 Å². The van der Waals surface area contributed by atoms with Crippen molar-refractivity contribution < 1.29 is 44.2 Å². The first-order chi connectivity index (χ1) is 27.9. The Kier molecular flexibility index (Phi) is 37.8. The quantitative estimate of drug-likeness (QED) is 0.0270. The van der Waals surface area contributed by atoms with Crippen molar-refractivity contribution in [3.05, 3.63) is 24.3 Å². The number of esters is 1. The number of allylic oxidation sites excluding steroid dienone is 4. The van der Waals surface area contributed by atoms with E-state index in [1.807, 2.05) is 0 Å². The standard InChI is InChI=1S/C48H90O9/c1-3-5-7-9-11-13-15-17-19-21-22-23-25-27-29-31-33-35-37-44(50)56-42(41-55-48-47(53)46(52)45(51)43(39-49)57-48)40-54-38-36-34-32-30-28-26-24-20-18-16-14-12-10-8-6-4-2/h18-21,42-43,45-49,51-53H,3-17,22-41H2,1-2H3/b20-18-,21-19-. The van der Waals surface area contributed by atoms with Gasteiger partial charge in [-0.15, -0.1) is 0 Å². The fraction of sp³-hybridized carbons (Fsp3) is 0.896. The molecule has 6 unspecified atom stereocenters. The van der Waals surface area contributed by atoms with Crippen molar-refractivity contribution >= 4 is 5.97 Å². The molecule has 9 nitrogen and oxygen atoms in total. The Labute approximate surface area is 349 Å². The van der Waals surface area contributed by atoms with Crippen molar-refractivity contribution in [1.82, 2.24) is 0 Å². The van der Waals surface area contributed by atoms with E-state index in [1.165, 1.54) is 161 Å². The van der Waals surface area contributed by atoms with E-state index in [-0.39, 0.29) is 19.2 Å². The number of carbonyl (C=O) groups is 1. The average Bonchev–Trinajstić information content (AvgIpc) is 3.21. The molecule has 1 aliphatic heterocycles. The number of aliphatic hydroxyl groups excluding tert-OH is 4. The van der Waals surface area contributed by atoms with Gasteiger partial charge in [-0.2, -0.15) is 0 Å². The van der Waals surface area contributed by atoms with E-state index in [0.717, 1.165) is 32.1 Å². The summed E-state index contributed by atoms with van der Waals surface area (Å²) in [5.74, 6) is -0.318. The minimum absolute atomic E-state index is 0.115. The van der Waals surface area contributed by atoms with E-state index < -0.39 is 43.4 Å². The fourth-order valence-corrected chi connectivity index (χ4v) is 7.31. The predicted molar refractivity (Wildman–Crippen MR) is 233 cm³/mol. The predicted octanol–water partition coefficient (Wildman–Crippen LogP) is 11.0. The summed E-state index contributed by atoms with van der Waals surface area (Å²) in [6.07, 6.45) is 39.1. The Bertz CT molecular complexity index is 926. The molecule has 0 saturated carbocycles. The monoisotopic (exact) mass is 811 g/mol. The number of hydrogen-bond donors (Lipinski definition) is 4. The molecule has 6 atom stereocenters. The van der Waals surface area contributed by atoms with Crippen LogP contribution >= 0.6 is 0 Å². The van der Waals surface area contributed by atoms with Gasteiger partial charge in [0.15, 0.2) is 6.29 Å². The molecule has 1 fully saturated rings. The molecular weight excluding hydrogens is 721 g/mol. The van der Waals surface area contributed by atoms with Crippen LogP contribution < -0.4 is 0 Å². The maximum absolute atomic E-state index is 12.8. The summed E-state index contributed by atoms with van der Waals surface area (Å²) in [5.41, 5.74) is 0. The molecule has 0 spiro atoms. The molecule has 0 aromatic rings. The molecule has 9 heteroatoms. The number of rotatable bonds is 41. The molecule has 0 aliphatic carbocycles. The van der Waals surface area contributed by atoms with Crippen molar-refractivity contribution in [2.75, 3.05) is 26.4 Å². The van der Waals surface area contributed by atoms with Crippen LogP contribution in [-0.2, 0) is 23.7 Å². The van der Waals surface area contributed by atoms with Crippen LogP contribution in [0.5, 0.6) is 0 Å². The summed E-state index contributed by atoms with van der Waals surface area (Å²) in [6, 6.07) is 0. The lowest BCUT2D eigenvalue weighted by molar-refractivity contribution is -0.305. The van der Waals surface area contributed by atoms with Crippen molar-refractivity contribution in [3.63, 3.8) is 0 Å². The van der Waals surface area contributed by atoms with Crippen molar-refractivity contribution in [3.8, 4) is 0 Å². The van der Waals surface area contributed by atoms with E-state index >= 15 is 0 Å². The van der Waals surface area contributed by atoms with Crippen LogP contribution in [0.3, 0.4) is 0 Å². The van der Waals surface area contributed by atoms with Crippen molar-refractivity contribution in [1.29, 1.82) is 0 Å². The van der Waals surface area contributed by atoms with Gasteiger partial charge in [-0.25, -0.2) is 0 Å². The third kappa shape index (κ3) is 31.2. The second-order valence-corrected chi connectivity index (χ2v) is 16.6. The van der Waals surface area contributed by atoms with Gasteiger partial charge in [0.05, 0.1) is 19.8 Å². The normalized spacial score (nSPS) is 20.6. The lowest BCUT2D eigenvalue weighted by Crippen LogP contribution is -2.59. The summed E-state index contributed by atoms with van der Waals surface area (Å²) < 4.78 is 22.8. The first kappa shape index (κ1) is 53.7. The van der Waals surface area contributed by atoms with Gasteiger partial charge in [-0.05, 0) is 64.2 Å². The lowest BCUT2D eigenvalue weighted by atomic mass is 9.99. The fourth-order valence-electron chi connectivity index (χ4n) is 7.31. The Morgan fingerprint density at radius 1 is 0.544 bits per heavy atom. The molecule has 1 aliphatic rings. The molecule has 1 heterocycles. The maximum atomic E-state index is 12.8. The molecule has 0 amide bonds. The Hall–Kier alpha value is -1.33. The van der Waals surface area contributed by atoms with Crippen LogP contribution in [0.2, 0.25) is 0 Å².